The largest absolute Gasteiger partial charge is 0.489 e. The van der Waals surface area contributed by atoms with Gasteiger partial charge in [0.25, 0.3) is 0 Å². The van der Waals surface area contributed by atoms with E-state index in [0.717, 1.165) is 0 Å². The van der Waals surface area contributed by atoms with Gasteiger partial charge in [0.2, 0.25) is 5.75 Å². The molecule has 0 aliphatic carbocycles. The Labute approximate surface area is 129 Å². The van der Waals surface area contributed by atoms with Crippen LogP contribution in [-0.2, 0) is 0 Å². The number of pyridine rings is 1. The lowest BCUT2D eigenvalue weighted by Crippen LogP contribution is -1.98. The molecule has 0 atom stereocenters. The molecule has 20 heavy (non-hydrogen) atoms. The molecule has 0 spiro atoms. The topological polar surface area (TPSA) is 65.3 Å². The highest BCUT2D eigenvalue weighted by Crippen LogP contribution is 2.36. The number of ether oxygens (including phenoxy) is 1. The summed E-state index contributed by atoms with van der Waals surface area (Å²) in [5, 5.41) is 11.7. The molecule has 0 amide bonds. The van der Waals surface area contributed by atoms with Crippen LogP contribution in [-0.4, -0.2) is 17.0 Å². The van der Waals surface area contributed by atoms with Crippen LogP contribution < -0.4 is 4.74 Å². The molecular weight excluding hydrogens is 327 g/mol. The Kier molecular flexibility index (Phi) is 4.32. The third-order valence-electron chi connectivity index (χ3n) is 2.51. The SMILES string of the molecule is COc1ccc(-c2cc(Cl)c(Cl)c(Cl)c2)nc1[N+](=O)[O-]. The van der Waals surface area contributed by atoms with Gasteiger partial charge in [-0.1, -0.05) is 34.8 Å². The third-order valence-corrected chi connectivity index (χ3v) is 3.71. The number of benzene rings is 1. The van der Waals surface area contributed by atoms with Crippen molar-refractivity contribution in [1.82, 2.24) is 4.98 Å². The molecule has 2 rings (SSSR count). The highest BCUT2D eigenvalue weighted by Gasteiger charge is 2.20. The van der Waals surface area contributed by atoms with Gasteiger partial charge in [-0.15, -0.1) is 0 Å². The van der Waals surface area contributed by atoms with Crippen molar-refractivity contribution < 1.29 is 9.66 Å². The molecule has 0 unspecified atom stereocenters. The van der Waals surface area contributed by atoms with Crippen molar-refractivity contribution in [3.63, 3.8) is 0 Å². The van der Waals surface area contributed by atoms with E-state index in [9.17, 15) is 10.1 Å². The second-order valence-corrected chi connectivity index (χ2v) is 4.93. The molecule has 0 bridgehead atoms. The van der Waals surface area contributed by atoms with Gasteiger partial charge < -0.3 is 14.9 Å². The summed E-state index contributed by atoms with van der Waals surface area (Å²) in [6.45, 7) is 0. The standard InChI is InChI=1S/C12H7Cl3N2O3/c1-20-10-3-2-9(16-12(10)17(18)19)6-4-7(13)11(15)8(14)5-6/h2-5H,1H3. The fraction of sp³-hybridized carbons (Fsp3) is 0.0833. The average molecular weight is 334 g/mol. The maximum Gasteiger partial charge on any atom is 0.406 e. The monoisotopic (exact) mass is 332 g/mol. The number of aromatic nitrogens is 1. The number of halogens is 3. The highest BCUT2D eigenvalue weighted by atomic mass is 35.5. The molecule has 0 fully saturated rings. The Bertz CT molecular complexity index is 669. The van der Waals surface area contributed by atoms with E-state index in [4.69, 9.17) is 39.5 Å². The van der Waals surface area contributed by atoms with Gasteiger partial charge in [-0.05, 0) is 34.2 Å². The Hall–Kier alpha value is -1.56. The van der Waals surface area contributed by atoms with Crippen LogP contribution in [0, 0.1) is 10.1 Å². The predicted molar refractivity (Wildman–Crippen MR) is 77.9 cm³/mol. The minimum atomic E-state index is -0.624. The lowest BCUT2D eigenvalue weighted by Gasteiger charge is -2.04. The van der Waals surface area contributed by atoms with Crippen molar-refractivity contribution in [3.8, 4) is 17.0 Å². The summed E-state index contributed by atoms with van der Waals surface area (Å²) in [6.07, 6.45) is 0. The maximum absolute atomic E-state index is 10.9. The zero-order valence-electron chi connectivity index (χ0n) is 10.1. The number of hydrogen-bond acceptors (Lipinski definition) is 4. The zero-order chi connectivity index (χ0) is 14.9. The highest BCUT2D eigenvalue weighted by molar-refractivity contribution is 6.48. The summed E-state index contributed by atoms with van der Waals surface area (Å²) < 4.78 is 4.89. The van der Waals surface area contributed by atoms with Gasteiger partial charge in [-0.3, -0.25) is 0 Å². The minimum absolute atomic E-state index is 0.0740. The van der Waals surface area contributed by atoms with E-state index in [1.165, 1.54) is 25.3 Å². The van der Waals surface area contributed by atoms with Crippen LogP contribution in [0.25, 0.3) is 11.3 Å². The summed E-state index contributed by atoms with van der Waals surface area (Å²) in [4.78, 5) is 14.3. The Morgan fingerprint density at radius 3 is 2.30 bits per heavy atom. The van der Waals surface area contributed by atoms with E-state index in [-0.39, 0.29) is 26.6 Å². The van der Waals surface area contributed by atoms with Crippen LogP contribution in [0.1, 0.15) is 0 Å². The van der Waals surface area contributed by atoms with Gasteiger partial charge in [0, 0.05) is 5.56 Å². The summed E-state index contributed by atoms with van der Waals surface area (Å²) in [6, 6.07) is 6.10. The van der Waals surface area contributed by atoms with Crippen LogP contribution >= 0.6 is 34.8 Å². The van der Waals surface area contributed by atoms with E-state index in [0.29, 0.717) is 11.3 Å². The van der Waals surface area contributed by atoms with Crippen LogP contribution in [0.5, 0.6) is 5.75 Å². The van der Waals surface area contributed by atoms with E-state index < -0.39 is 4.92 Å². The fourth-order valence-electron chi connectivity index (χ4n) is 1.59. The van der Waals surface area contributed by atoms with Crippen LogP contribution in [0.3, 0.4) is 0 Å². The van der Waals surface area contributed by atoms with Gasteiger partial charge >= 0.3 is 5.82 Å². The van der Waals surface area contributed by atoms with Crippen molar-refractivity contribution in [1.29, 1.82) is 0 Å². The summed E-state index contributed by atoms with van der Waals surface area (Å²) >= 11 is 17.7. The molecule has 0 radical (unpaired) electrons. The number of nitro groups is 1. The molecule has 2 aromatic rings. The normalized spacial score (nSPS) is 10.4. The van der Waals surface area contributed by atoms with E-state index >= 15 is 0 Å². The lowest BCUT2D eigenvalue weighted by molar-refractivity contribution is -0.390. The third kappa shape index (κ3) is 2.80. The van der Waals surface area contributed by atoms with E-state index in [1.807, 2.05) is 0 Å². The van der Waals surface area contributed by atoms with E-state index in [2.05, 4.69) is 4.98 Å². The van der Waals surface area contributed by atoms with Crippen molar-refractivity contribution in [2.24, 2.45) is 0 Å². The van der Waals surface area contributed by atoms with Crippen LogP contribution in [0.2, 0.25) is 15.1 Å². The Morgan fingerprint density at radius 2 is 1.80 bits per heavy atom. The van der Waals surface area contributed by atoms with Crippen LogP contribution in [0.4, 0.5) is 5.82 Å². The van der Waals surface area contributed by atoms with Crippen molar-refractivity contribution in [2.45, 2.75) is 0 Å². The molecular formula is C12H7Cl3N2O3. The molecule has 104 valence electrons. The Morgan fingerprint density at radius 1 is 1.20 bits per heavy atom. The molecule has 0 N–H and O–H groups in total. The first-order valence-electron chi connectivity index (χ1n) is 5.28. The molecule has 1 aromatic heterocycles. The summed E-state index contributed by atoms with van der Waals surface area (Å²) in [5.74, 6) is -0.308. The van der Waals surface area contributed by atoms with E-state index in [1.54, 1.807) is 6.07 Å². The first-order valence-corrected chi connectivity index (χ1v) is 6.41. The predicted octanol–water partition coefficient (Wildman–Crippen LogP) is 4.63. The zero-order valence-corrected chi connectivity index (χ0v) is 12.3. The maximum atomic E-state index is 10.9. The smallest absolute Gasteiger partial charge is 0.406 e. The first kappa shape index (κ1) is 14.8. The number of rotatable bonds is 3. The average Bonchev–Trinajstić information content (AvgIpc) is 2.43. The molecule has 0 aliphatic rings. The molecule has 8 heteroatoms. The van der Waals surface area contributed by atoms with Crippen molar-refractivity contribution >= 4 is 40.6 Å². The number of methoxy groups -OCH3 is 1. The minimum Gasteiger partial charge on any atom is -0.489 e. The van der Waals surface area contributed by atoms with Gasteiger partial charge in [0.05, 0.1) is 22.2 Å². The molecule has 0 saturated heterocycles. The fourth-order valence-corrected chi connectivity index (χ4v) is 2.19. The number of nitrogens with zero attached hydrogens (tertiary/aromatic N) is 2. The molecule has 1 aromatic carbocycles. The Balaban J connectivity index is 2.59. The quantitative estimate of drug-likeness (QED) is 0.467. The van der Waals surface area contributed by atoms with Crippen LogP contribution in [0.15, 0.2) is 24.3 Å². The van der Waals surface area contributed by atoms with Gasteiger partial charge in [-0.25, -0.2) is 0 Å². The second kappa shape index (κ2) is 5.83. The first-order chi connectivity index (χ1) is 9.43. The molecule has 1 heterocycles. The molecule has 0 aliphatic heterocycles. The van der Waals surface area contributed by atoms with Crippen molar-refractivity contribution in [2.75, 3.05) is 7.11 Å². The van der Waals surface area contributed by atoms with Gasteiger partial charge in [0.1, 0.15) is 0 Å². The molecule has 5 nitrogen and oxygen atoms in total. The summed E-state index contributed by atoms with van der Waals surface area (Å²) in [7, 11) is 1.33. The molecule has 0 saturated carbocycles. The lowest BCUT2D eigenvalue weighted by atomic mass is 10.1. The second-order valence-electron chi connectivity index (χ2n) is 3.73. The van der Waals surface area contributed by atoms with Gasteiger partial charge in [-0.2, -0.15) is 0 Å². The summed E-state index contributed by atoms with van der Waals surface area (Å²) in [5.41, 5.74) is 0.869. The number of hydrogen-bond donors (Lipinski definition) is 0. The van der Waals surface area contributed by atoms with Crippen molar-refractivity contribution in [3.05, 3.63) is 49.4 Å². The van der Waals surface area contributed by atoms with Gasteiger partial charge in [0.15, 0.2) is 5.69 Å².